The van der Waals surface area contributed by atoms with E-state index in [9.17, 15) is 8.42 Å². The molecule has 1 unspecified atom stereocenters. The lowest BCUT2D eigenvalue weighted by molar-refractivity contribution is 0.466. The van der Waals surface area contributed by atoms with Crippen LogP contribution in [0.25, 0.3) is 0 Å². The molecule has 5 heteroatoms. The molecular weight excluding hydrogens is 346 g/mol. The van der Waals surface area contributed by atoms with Crippen molar-refractivity contribution in [2.24, 2.45) is 0 Å². The van der Waals surface area contributed by atoms with E-state index in [2.05, 4.69) is 31.3 Å². The van der Waals surface area contributed by atoms with E-state index in [1.54, 1.807) is 0 Å². The number of allylic oxidation sites excluding steroid dienone is 2. The highest BCUT2D eigenvalue weighted by atomic mass is 32.2. The molecule has 0 spiro atoms. The highest BCUT2D eigenvalue weighted by Gasteiger charge is 2.06. The van der Waals surface area contributed by atoms with Crippen LogP contribution in [0.1, 0.15) is 104 Å². The van der Waals surface area contributed by atoms with E-state index in [0.717, 1.165) is 6.42 Å². The molecule has 0 aliphatic heterocycles. The lowest BCUT2D eigenvalue weighted by Crippen LogP contribution is -2.30. The molecule has 0 radical (unpaired) electrons. The van der Waals surface area contributed by atoms with E-state index in [1.807, 2.05) is 0 Å². The second-order valence-electron chi connectivity index (χ2n) is 7.51. The Balaban J connectivity index is 3.26. The summed E-state index contributed by atoms with van der Waals surface area (Å²) in [6.07, 6.45) is 22.8. The first-order valence-electron chi connectivity index (χ1n) is 10.8. The van der Waals surface area contributed by atoms with Crippen LogP contribution in [0.4, 0.5) is 0 Å². The van der Waals surface area contributed by atoms with Crippen molar-refractivity contribution in [1.29, 1.82) is 0 Å². The quantitative estimate of drug-likeness (QED) is 0.164. The fraction of sp³-hybridized carbons (Fsp3) is 0.905. The molecule has 0 saturated heterocycles. The van der Waals surface area contributed by atoms with Gasteiger partial charge < -0.3 is 5.32 Å². The summed E-state index contributed by atoms with van der Waals surface area (Å²) in [5, 5.41) is 3.14. The molecule has 0 heterocycles. The summed E-state index contributed by atoms with van der Waals surface area (Å²) >= 11 is 0. The van der Waals surface area contributed by atoms with Gasteiger partial charge in [0.1, 0.15) is 0 Å². The largest absolute Gasteiger partial charge is 0.313 e. The van der Waals surface area contributed by atoms with Gasteiger partial charge in [-0.25, -0.2) is 0 Å². The van der Waals surface area contributed by atoms with Crippen LogP contribution in [-0.4, -0.2) is 31.3 Å². The summed E-state index contributed by atoms with van der Waals surface area (Å²) in [5.41, 5.74) is 0. The van der Waals surface area contributed by atoms with E-state index in [1.165, 1.54) is 83.5 Å². The smallest absolute Gasteiger partial charge is 0.266 e. The highest BCUT2D eigenvalue weighted by Crippen LogP contribution is 2.10. The normalized spacial score (nSPS) is 13.5. The van der Waals surface area contributed by atoms with Gasteiger partial charge in [-0.3, -0.25) is 4.55 Å². The van der Waals surface area contributed by atoms with Gasteiger partial charge >= 0.3 is 0 Å². The topological polar surface area (TPSA) is 66.4 Å². The van der Waals surface area contributed by atoms with E-state index in [-0.39, 0.29) is 5.75 Å². The second-order valence-corrected chi connectivity index (χ2v) is 9.09. The van der Waals surface area contributed by atoms with Crippen LogP contribution < -0.4 is 5.32 Å². The Kier molecular flexibility index (Phi) is 17.7. The predicted molar refractivity (Wildman–Crippen MR) is 113 cm³/mol. The Morgan fingerprint density at radius 1 is 0.846 bits per heavy atom. The summed E-state index contributed by atoms with van der Waals surface area (Å²) in [5.74, 6) is -0.205. The number of hydrogen-bond donors (Lipinski definition) is 2. The minimum atomic E-state index is -3.84. The monoisotopic (exact) mass is 389 g/mol. The number of hydrogen-bond acceptors (Lipinski definition) is 3. The maximum absolute atomic E-state index is 10.6. The molecule has 0 rings (SSSR count). The van der Waals surface area contributed by atoms with Crippen LogP contribution in [0.3, 0.4) is 0 Å². The molecule has 0 aliphatic rings. The first-order valence-corrected chi connectivity index (χ1v) is 12.4. The SMILES string of the molecule is CCCCCCCC/C=C\CCCCCCCC(C)NCCS(=O)(=O)O. The van der Waals surface area contributed by atoms with Crippen molar-refractivity contribution in [2.75, 3.05) is 12.3 Å². The second kappa shape index (κ2) is 18.0. The number of unbranched alkanes of at least 4 members (excludes halogenated alkanes) is 11. The Labute approximate surface area is 163 Å². The van der Waals surface area contributed by atoms with Gasteiger partial charge in [-0.05, 0) is 39.0 Å². The molecule has 0 bridgehead atoms. The lowest BCUT2D eigenvalue weighted by atomic mass is 10.1. The van der Waals surface area contributed by atoms with Crippen LogP contribution in [0, 0.1) is 0 Å². The molecule has 0 aromatic heterocycles. The van der Waals surface area contributed by atoms with Gasteiger partial charge in [0.15, 0.2) is 0 Å². The molecule has 156 valence electrons. The standard InChI is InChI=1S/C21H43NO3S/c1-3-4-5-6-7-8-9-10-11-12-13-14-15-16-17-18-21(2)22-19-20-26(23,24)25/h10-11,21-22H,3-9,12-20H2,1-2H3,(H,23,24,25)/b11-10-. The average Bonchev–Trinajstić information content (AvgIpc) is 2.57. The van der Waals surface area contributed by atoms with Gasteiger partial charge in [-0.15, -0.1) is 0 Å². The maximum Gasteiger partial charge on any atom is 0.266 e. The Morgan fingerprint density at radius 3 is 1.88 bits per heavy atom. The lowest BCUT2D eigenvalue weighted by Gasteiger charge is -2.12. The van der Waals surface area contributed by atoms with Gasteiger partial charge in [0.2, 0.25) is 0 Å². The zero-order chi connectivity index (χ0) is 19.5. The molecule has 26 heavy (non-hydrogen) atoms. The highest BCUT2D eigenvalue weighted by molar-refractivity contribution is 7.85. The predicted octanol–water partition coefficient (Wildman–Crippen LogP) is 5.89. The molecule has 4 nitrogen and oxygen atoms in total. The molecule has 2 N–H and O–H groups in total. The average molecular weight is 390 g/mol. The fourth-order valence-electron chi connectivity index (χ4n) is 3.06. The number of nitrogens with one attached hydrogen (secondary N) is 1. The number of rotatable bonds is 19. The van der Waals surface area contributed by atoms with Crippen molar-refractivity contribution < 1.29 is 13.0 Å². The summed E-state index contributed by atoms with van der Waals surface area (Å²) < 4.78 is 29.9. The molecule has 0 saturated carbocycles. The van der Waals surface area contributed by atoms with Gasteiger partial charge in [-0.2, -0.15) is 8.42 Å². The molecular formula is C21H43NO3S. The van der Waals surface area contributed by atoms with Crippen LogP contribution in [-0.2, 0) is 10.1 Å². The van der Waals surface area contributed by atoms with Crippen LogP contribution in [0.15, 0.2) is 12.2 Å². The molecule has 0 aliphatic carbocycles. The van der Waals surface area contributed by atoms with Crippen molar-refractivity contribution in [3.05, 3.63) is 12.2 Å². The molecule has 1 atom stereocenters. The van der Waals surface area contributed by atoms with Crippen molar-refractivity contribution in [3.63, 3.8) is 0 Å². The van der Waals surface area contributed by atoms with Crippen molar-refractivity contribution in [2.45, 2.75) is 110 Å². The van der Waals surface area contributed by atoms with Crippen LogP contribution in [0.5, 0.6) is 0 Å². The third-order valence-corrected chi connectivity index (χ3v) is 5.47. The summed E-state index contributed by atoms with van der Waals surface area (Å²) in [7, 11) is -3.84. The summed E-state index contributed by atoms with van der Waals surface area (Å²) in [6.45, 7) is 4.65. The van der Waals surface area contributed by atoms with Gasteiger partial charge in [0, 0.05) is 12.6 Å². The third-order valence-electron chi connectivity index (χ3n) is 4.75. The van der Waals surface area contributed by atoms with Crippen molar-refractivity contribution >= 4 is 10.1 Å². The first kappa shape index (κ1) is 25.6. The molecule has 0 aromatic rings. The van der Waals surface area contributed by atoms with E-state index in [4.69, 9.17) is 4.55 Å². The van der Waals surface area contributed by atoms with Crippen LogP contribution >= 0.6 is 0 Å². The summed E-state index contributed by atoms with van der Waals surface area (Å²) in [6, 6.07) is 0.307. The minimum Gasteiger partial charge on any atom is -0.313 e. The van der Waals surface area contributed by atoms with E-state index >= 15 is 0 Å². The Hall–Kier alpha value is -0.390. The van der Waals surface area contributed by atoms with E-state index in [0.29, 0.717) is 12.6 Å². The maximum atomic E-state index is 10.6. The van der Waals surface area contributed by atoms with E-state index < -0.39 is 10.1 Å². The Morgan fingerprint density at radius 2 is 1.35 bits per heavy atom. The minimum absolute atomic E-state index is 0.205. The molecule has 0 amide bonds. The zero-order valence-electron chi connectivity index (χ0n) is 17.2. The summed E-state index contributed by atoms with van der Waals surface area (Å²) in [4.78, 5) is 0. The molecule has 0 aromatic carbocycles. The zero-order valence-corrected chi connectivity index (χ0v) is 18.0. The van der Waals surface area contributed by atoms with Gasteiger partial charge in [-0.1, -0.05) is 76.9 Å². The third kappa shape index (κ3) is 21.7. The van der Waals surface area contributed by atoms with Gasteiger partial charge in [0.05, 0.1) is 5.75 Å². The van der Waals surface area contributed by atoms with Crippen molar-refractivity contribution in [1.82, 2.24) is 5.32 Å². The molecule has 0 fully saturated rings. The fourth-order valence-corrected chi connectivity index (χ4v) is 3.43. The van der Waals surface area contributed by atoms with Crippen LogP contribution in [0.2, 0.25) is 0 Å². The first-order chi connectivity index (χ1) is 12.5. The van der Waals surface area contributed by atoms with Crippen molar-refractivity contribution in [3.8, 4) is 0 Å². The van der Waals surface area contributed by atoms with Gasteiger partial charge in [0.25, 0.3) is 10.1 Å². The Bertz CT molecular complexity index is 421.